The number of pyridine rings is 1. The third-order valence-corrected chi connectivity index (χ3v) is 3.70. The molecule has 0 unspecified atom stereocenters. The van der Waals surface area contributed by atoms with Crippen molar-refractivity contribution in [1.29, 1.82) is 0 Å². The molecule has 1 N–H and O–H groups in total. The molecule has 0 atom stereocenters. The van der Waals surface area contributed by atoms with Crippen LogP contribution < -0.4 is 5.56 Å². The second kappa shape index (κ2) is 3.62. The van der Waals surface area contributed by atoms with E-state index in [2.05, 4.69) is 0 Å². The fourth-order valence-electron chi connectivity index (χ4n) is 2.54. The molecule has 1 aromatic carbocycles. The monoisotopic (exact) mass is 229 g/mol. The first-order chi connectivity index (χ1) is 8.18. The first-order valence-corrected chi connectivity index (χ1v) is 6.02. The molecule has 0 radical (unpaired) electrons. The summed E-state index contributed by atoms with van der Waals surface area (Å²) in [6.45, 7) is 1.94. The molecule has 1 saturated carbocycles. The van der Waals surface area contributed by atoms with Gasteiger partial charge >= 0.3 is 0 Å². The van der Waals surface area contributed by atoms with Crippen molar-refractivity contribution in [2.75, 3.05) is 0 Å². The molecule has 1 aromatic heterocycles. The van der Waals surface area contributed by atoms with Crippen LogP contribution in [0.2, 0.25) is 0 Å². The summed E-state index contributed by atoms with van der Waals surface area (Å²) < 4.78 is 1.83. The van der Waals surface area contributed by atoms with E-state index in [9.17, 15) is 9.90 Å². The standard InChI is InChI=1S/C14H15NO2/c1-9-8-15(10-4-2-5-10)14(17)11-6-3-7-12(16)13(9)11/h3,6-8,10,16H,2,4-5H2,1H3. The number of fused-ring (bicyclic) bond motifs is 1. The van der Waals surface area contributed by atoms with E-state index >= 15 is 0 Å². The smallest absolute Gasteiger partial charge is 0.258 e. The average molecular weight is 229 g/mol. The summed E-state index contributed by atoms with van der Waals surface area (Å²) >= 11 is 0. The molecule has 0 aliphatic heterocycles. The van der Waals surface area contributed by atoms with Crippen molar-refractivity contribution in [1.82, 2.24) is 4.57 Å². The van der Waals surface area contributed by atoms with Crippen LogP contribution in [0.4, 0.5) is 0 Å². The summed E-state index contributed by atoms with van der Waals surface area (Å²) in [4.78, 5) is 12.3. The molecule has 3 heteroatoms. The van der Waals surface area contributed by atoms with Gasteiger partial charge in [0.25, 0.3) is 5.56 Å². The van der Waals surface area contributed by atoms with Crippen LogP contribution in [0.3, 0.4) is 0 Å². The van der Waals surface area contributed by atoms with Gasteiger partial charge in [-0.3, -0.25) is 4.79 Å². The first kappa shape index (κ1) is 10.4. The SMILES string of the molecule is Cc1cn(C2CCC2)c(=O)c2cccc(O)c12. The molecular weight excluding hydrogens is 214 g/mol. The van der Waals surface area contributed by atoms with Gasteiger partial charge in [0.15, 0.2) is 0 Å². The van der Waals surface area contributed by atoms with Crippen molar-refractivity contribution < 1.29 is 5.11 Å². The van der Waals surface area contributed by atoms with Crippen LogP contribution in [0.1, 0.15) is 30.9 Å². The maximum atomic E-state index is 12.3. The quantitative estimate of drug-likeness (QED) is 0.817. The fourth-order valence-corrected chi connectivity index (χ4v) is 2.54. The third kappa shape index (κ3) is 1.46. The van der Waals surface area contributed by atoms with E-state index in [4.69, 9.17) is 0 Å². The molecule has 0 saturated heterocycles. The van der Waals surface area contributed by atoms with Gasteiger partial charge in [0.2, 0.25) is 0 Å². The Bertz CT molecular complexity index is 638. The average Bonchev–Trinajstić information content (AvgIpc) is 2.22. The summed E-state index contributed by atoms with van der Waals surface area (Å²) in [5.41, 5.74) is 0.982. The minimum atomic E-state index is 0.0196. The van der Waals surface area contributed by atoms with Crippen LogP contribution in [-0.2, 0) is 0 Å². The Balaban J connectivity index is 2.35. The molecule has 0 amide bonds. The summed E-state index contributed by atoms with van der Waals surface area (Å²) in [5.74, 6) is 0.192. The molecule has 3 rings (SSSR count). The Morgan fingerprint density at radius 1 is 1.35 bits per heavy atom. The van der Waals surface area contributed by atoms with E-state index in [0.717, 1.165) is 18.4 Å². The number of hydrogen-bond donors (Lipinski definition) is 1. The van der Waals surface area contributed by atoms with E-state index in [1.807, 2.05) is 17.7 Å². The number of aromatic nitrogens is 1. The summed E-state index contributed by atoms with van der Waals surface area (Å²) in [6.07, 6.45) is 5.26. The second-order valence-corrected chi connectivity index (χ2v) is 4.81. The van der Waals surface area contributed by atoms with Gasteiger partial charge < -0.3 is 9.67 Å². The molecule has 0 bridgehead atoms. The van der Waals surface area contributed by atoms with Crippen molar-refractivity contribution in [2.24, 2.45) is 0 Å². The van der Waals surface area contributed by atoms with Gasteiger partial charge in [0.1, 0.15) is 5.75 Å². The minimum absolute atomic E-state index is 0.0196. The second-order valence-electron chi connectivity index (χ2n) is 4.81. The van der Waals surface area contributed by atoms with Crippen LogP contribution in [0.15, 0.2) is 29.2 Å². The van der Waals surface area contributed by atoms with Crippen LogP contribution in [0, 0.1) is 6.92 Å². The van der Waals surface area contributed by atoms with Crippen molar-refractivity contribution in [3.05, 3.63) is 40.3 Å². The number of aryl methyl sites for hydroxylation is 1. The van der Waals surface area contributed by atoms with Crippen LogP contribution in [0.25, 0.3) is 10.8 Å². The summed E-state index contributed by atoms with van der Waals surface area (Å²) in [5, 5.41) is 11.1. The van der Waals surface area contributed by atoms with E-state index in [1.54, 1.807) is 18.2 Å². The maximum Gasteiger partial charge on any atom is 0.258 e. The Morgan fingerprint density at radius 3 is 2.76 bits per heavy atom. The predicted octanol–water partition coefficient (Wildman–Crippen LogP) is 2.74. The minimum Gasteiger partial charge on any atom is -0.507 e. The lowest BCUT2D eigenvalue weighted by Gasteiger charge is -2.28. The zero-order valence-electron chi connectivity index (χ0n) is 9.81. The number of benzene rings is 1. The van der Waals surface area contributed by atoms with Crippen molar-refractivity contribution in [3.63, 3.8) is 0 Å². The van der Waals surface area contributed by atoms with Gasteiger partial charge in [-0.2, -0.15) is 0 Å². The molecule has 0 spiro atoms. The zero-order chi connectivity index (χ0) is 12.0. The highest BCUT2D eigenvalue weighted by Crippen LogP contribution is 2.32. The number of rotatable bonds is 1. The fraction of sp³-hybridized carbons (Fsp3) is 0.357. The number of aromatic hydroxyl groups is 1. The van der Waals surface area contributed by atoms with Crippen molar-refractivity contribution in [2.45, 2.75) is 32.2 Å². The lowest BCUT2D eigenvalue weighted by atomic mass is 9.92. The predicted molar refractivity (Wildman–Crippen MR) is 67.5 cm³/mol. The third-order valence-electron chi connectivity index (χ3n) is 3.70. The zero-order valence-corrected chi connectivity index (χ0v) is 9.81. The van der Waals surface area contributed by atoms with Gasteiger partial charge in [0.05, 0.1) is 5.39 Å². The Morgan fingerprint density at radius 2 is 2.12 bits per heavy atom. The largest absolute Gasteiger partial charge is 0.507 e. The Labute approximate surface area is 99.3 Å². The number of phenolic OH excluding ortho intramolecular Hbond substituents is 1. The highest BCUT2D eigenvalue weighted by atomic mass is 16.3. The van der Waals surface area contributed by atoms with E-state index in [-0.39, 0.29) is 11.3 Å². The number of phenols is 1. The topological polar surface area (TPSA) is 42.2 Å². The Kier molecular flexibility index (Phi) is 2.21. The van der Waals surface area contributed by atoms with E-state index < -0.39 is 0 Å². The lowest BCUT2D eigenvalue weighted by molar-refractivity contribution is 0.307. The van der Waals surface area contributed by atoms with Gasteiger partial charge in [-0.15, -0.1) is 0 Å². The molecular formula is C14H15NO2. The Hall–Kier alpha value is -1.77. The van der Waals surface area contributed by atoms with Crippen molar-refractivity contribution >= 4 is 10.8 Å². The van der Waals surface area contributed by atoms with Gasteiger partial charge in [-0.1, -0.05) is 6.07 Å². The van der Waals surface area contributed by atoms with Crippen molar-refractivity contribution in [3.8, 4) is 5.75 Å². The van der Waals surface area contributed by atoms with Gasteiger partial charge in [-0.25, -0.2) is 0 Å². The molecule has 88 valence electrons. The van der Waals surface area contributed by atoms with Crippen LogP contribution >= 0.6 is 0 Å². The van der Waals surface area contributed by atoms with Gasteiger partial charge in [0, 0.05) is 17.6 Å². The number of hydrogen-bond acceptors (Lipinski definition) is 2. The lowest BCUT2D eigenvalue weighted by Crippen LogP contribution is -2.28. The molecule has 1 heterocycles. The summed E-state index contributed by atoms with van der Waals surface area (Å²) in [7, 11) is 0. The number of nitrogens with zero attached hydrogens (tertiary/aromatic N) is 1. The van der Waals surface area contributed by atoms with Crippen LogP contribution in [-0.4, -0.2) is 9.67 Å². The van der Waals surface area contributed by atoms with Gasteiger partial charge in [-0.05, 0) is 43.9 Å². The highest BCUT2D eigenvalue weighted by Gasteiger charge is 2.21. The van der Waals surface area contributed by atoms with E-state index in [0.29, 0.717) is 16.8 Å². The first-order valence-electron chi connectivity index (χ1n) is 6.02. The molecule has 3 nitrogen and oxygen atoms in total. The van der Waals surface area contributed by atoms with Crippen LogP contribution in [0.5, 0.6) is 5.75 Å². The highest BCUT2D eigenvalue weighted by molar-refractivity contribution is 5.90. The molecule has 1 aliphatic rings. The molecule has 2 aromatic rings. The molecule has 1 fully saturated rings. The van der Waals surface area contributed by atoms with E-state index in [1.165, 1.54) is 6.42 Å². The molecule has 1 aliphatic carbocycles. The molecule has 17 heavy (non-hydrogen) atoms. The maximum absolute atomic E-state index is 12.3. The summed E-state index contributed by atoms with van der Waals surface area (Å²) in [6, 6.07) is 5.50. The normalized spacial score (nSPS) is 16.1.